The third-order valence-corrected chi connectivity index (χ3v) is 8.16. The fourth-order valence-electron chi connectivity index (χ4n) is 5.33. The second-order valence-corrected chi connectivity index (χ2v) is 10.6. The van der Waals surface area contributed by atoms with Crippen molar-refractivity contribution in [3.63, 3.8) is 0 Å². The average Bonchev–Trinajstić information content (AvgIpc) is 3.39. The summed E-state index contributed by atoms with van der Waals surface area (Å²) in [7, 11) is 0. The molecule has 40 heavy (non-hydrogen) atoms. The Bertz CT molecular complexity index is 1350. The number of fused-ring (bicyclic) bond motifs is 1. The molecule has 0 aromatic heterocycles. The molecule has 0 aliphatic carbocycles. The largest absolute Gasteiger partial charge is 0.466 e. The molecule has 5 rings (SSSR count). The normalized spacial score (nSPS) is 19.1. The van der Waals surface area contributed by atoms with E-state index in [-0.39, 0.29) is 30.8 Å². The highest BCUT2D eigenvalue weighted by Gasteiger charge is 2.42. The smallest absolute Gasteiger partial charge is 0.338 e. The lowest BCUT2D eigenvalue weighted by molar-refractivity contribution is -0.151. The first kappa shape index (κ1) is 27.7. The van der Waals surface area contributed by atoms with Crippen molar-refractivity contribution >= 4 is 40.5 Å². The van der Waals surface area contributed by atoms with Gasteiger partial charge in [-0.1, -0.05) is 72.4 Å². The minimum atomic E-state index is -0.508. The number of thioether (sulfide) groups is 1. The first-order valence-corrected chi connectivity index (χ1v) is 14.6. The molecule has 2 aromatic rings. The second kappa shape index (κ2) is 12.6. The molecule has 208 valence electrons. The van der Waals surface area contributed by atoms with Gasteiger partial charge in [0.2, 0.25) is 5.91 Å². The van der Waals surface area contributed by atoms with Crippen LogP contribution in [0.15, 0.2) is 82.3 Å². The quantitative estimate of drug-likeness (QED) is 0.413. The molecule has 8 nitrogen and oxygen atoms in total. The molecule has 0 spiro atoms. The molecule has 3 heterocycles. The summed E-state index contributed by atoms with van der Waals surface area (Å²) >= 11 is 1.45. The summed E-state index contributed by atoms with van der Waals surface area (Å²) in [6.45, 7) is 5.21. The van der Waals surface area contributed by atoms with Crippen LogP contribution in [0.4, 0.5) is 0 Å². The van der Waals surface area contributed by atoms with Crippen molar-refractivity contribution in [3.05, 3.63) is 88.5 Å². The maximum absolute atomic E-state index is 13.5. The highest BCUT2D eigenvalue weighted by atomic mass is 32.2. The average molecular weight is 560 g/mol. The Morgan fingerprint density at radius 3 is 2.23 bits per heavy atom. The van der Waals surface area contributed by atoms with Crippen molar-refractivity contribution in [1.29, 1.82) is 0 Å². The molecule has 9 heteroatoms. The molecule has 1 fully saturated rings. The van der Waals surface area contributed by atoms with Gasteiger partial charge in [0.25, 0.3) is 0 Å². The zero-order valence-electron chi connectivity index (χ0n) is 22.7. The maximum Gasteiger partial charge on any atom is 0.338 e. The van der Waals surface area contributed by atoms with Gasteiger partial charge < -0.3 is 19.3 Å². The topological polar surface area (TPSA) is 88.5 Å². The summed E-state index contributed by atoms with van der Waals surface area (Å²) in [4.78, 5) is 47.9. The van der Waals surface area contributed by atoms with Gasteiger partial charge in [0.1, 0.15) is 0 Å². The van der Waals surface area contributed by atoms with Gasteiger partial charge in [-0.2, -0.15) is 0 Å². The van der Waals surface area contributed by atoms with Crippen LogP contribution in [0, 0.1) is 5.92 Å². The molecular formula is C31H33N3O5S. The van der Waals surface area contributed by atoms with Gasteiger partial charge in [0.15, 0.2) is 5.17 Å². The van der Waals surface area contributed by atoms with Gasteiger partial charge >= 0.3 is 11.9 Å². The summed E-state index contributed by atoms with van der Waals surface area (Å²) in [6.07, 6.45) is 1.35. The van der Waals surface area contributed by atoms with Crippen LogP contribution in [-0.2, 0) is 23.9 Å². The third kappa shape index (κ3) is 5.70. The number of esters is 2. The van der Waals surface area contributed by atoms with Gasteiger partial charge in [-0.25, -0.2) is 9.79 Å². The van der Waals surface area contributed by atoms with Crippen LogP contribution >= 0.6 is 11.8 Å². The lowest BCUT2D eigenvalue weighted by Gasteiger charge is -2.37. The number of rotatable bonds is 8. The number of carbonyl (C=O) groups excluding carboxylic acids is 3. The van der Waals surface area contributed by atoms with Crippen LogP contribution < -0.4 is 0 Å². The summed E-state index contributed by atoms with van der Waals surface area (Å²) < 4.78 is 10.7. The van der Waals surface area contributed by atoms with E-state index >= 15 is 0 Å². The van der Waals surface area contributed by atoms with Crippen molar-refractivity contribution < 1.29 is 23.9 Å². The molecule has 1 atom stereocenters. The molecule has 2 aromatic carbocycles. The molecule has 0 bridgehead atoms. The Labute approximate surface area is 238 Å². The minimum absolute atomic E-state index is 0.0160. The summed E-state index contributed by atoms with van der Waals surface area (Å²) in [5, 5.41) is 2.67. The van der Waals surface area contributed by atoms with Gasteiger partial charge in [-0.15, -0.1) is 0 Å². The Hall–Kier alpha value is -3.85. The zero-order valence-corrected chi connectivity index (χ0v) is 23.6. The van der Waals surface area contributed by atoms with Crippen LogP contribution in [0.3, 0.4) is 0 Å². The molecule has 3 aliphatic rings. The fourth-order valence-corrected chi connectivity index (χ4v) is 6.25. The number of nitrogens with zero attached hydrogens (tertiary/aromatic N) is 3. The predicted octanol–water partition coefficient (Wildman–Crippen LogP) is 5.15. The monoisotopic (exact) mass is 559 g/mol. The van der Waals surface area contributed by atoms with Gasteiger partial charge in [0.05, 0.1) is 42.9 Å². The predicted molar refractivity (Wildman–Crippen MR) is 155 cm³/mol. The van der Waals surface area contributed by atoms with E-state index in [4.69, 9.17) is 14.5 Å². The van der Waals surface area contributed by atoms with Crippen molar-refractivity contribution in [2.75, 3.05) is 26.3 Å². The van der Waals surface area contributed by atoms with Crippen LogP contribution in [0.25, 0.3) is 5.70 Å². The van der Waals surface area contributed by atoms with E-state index in [1.807, 2.05) is 75.9 Å². The minimum Gasteiger partial charge on any atom is -0.466 e. The summed E-state index contributed by atoms with van der Waals surface area (Å²) in [5.74, 6) is -0.793. The Morgan fingerprint density at radius 2 is 1.57 bits per heavy atom. The van der Waals surface area contributed by atoms with Crippen LogP contribution in [0.2, 0.25) is 0 Å². The van der Waals surface area contributed by atoms with E-state index in [1.165, 1.54) is 11.8 Å². The van der Waals surface area contributed by atoms with Crippen molar-refractivity contribution in [2.45, 2.75) is 39.2 Å². The standard InChI is InChI=1S/C31H33N3O5S/c1-3-38-29(36)23-15-17-33(18-16-23)25(35)19-24-20-40-31-32-27(21-11-7-5-8-12-21)26(30(37)39-4-2)28(34(24)31)22-13-9-6-10-14-22/h5-14,20,23,28H,3-4,15-19H2,1-2H3. The summed E-state index contributed by atoms with van der Waals surface area (Å²) in [6, 6.07) is 18.9. The number of likely N-dealkylation sites (tertiary alicyclic amines) is 1. The zero-order chi connectivity index (χ0) is 28.1. The Kier molecular flexibility index (Phi) is 8.69. The number of piperidine rings is 1. The number of aliphatic imine (C=N–C) groups is 1. The number of amidine groups is 1. The highest BCUT2D eigenvalue weighted by molar-refractivity contribution is 8.16. The molecule has 3 aliphatic heterocycles. The highest BCUT2D eigenvalue weighted by Crippen LogP contribution is 2.47. The Morgan fingerprint density at radius 1 is 0.925 bits per heavy atom. The molecule has 1 saturated heterocycles. The number of ether oxygens (including phenoxy) is 2. The second-order valence-electron chi connectivity index (χ2n) is 9.74. The molecule has 0 saturated carbocycles. The van der Waals surface area contributed by atoms with Crippen LogP contribution in [0.5, 0.6) is 0 Å². The Balaban J connectivity index is 1.45. The first-order valence-electron chi connectivity index (χ1n) is 13.7. The SMILES string of the molecule is CCOC(=O)C1=C(c2ccccc2)N=C2SC=C(CC(=O)N3CCC(C(=O)OCC)CC3)N2C1c1ccccc1. The van der Waals surface area contributed by atoms with E-state index < -0.39 is 12.0 Å². The maximum atomic E-state index is 13.5. The number of hydrogen-bond donors (Lipinski definition) is 0. The molecular weight excluding hydrogens is 526 g/mol. The van der Waals surface area contributed by atoms with E-state index in [2.05, 4.69) is 0 Å². The van der Waals surface area contributed by atoms with Crippen molar-refractivity contribution in [3.8, 4) is 0 Å². The van der Waals surface area contributed by atoms with Crippen LogP contribution in [0.1, 0.15) is 50.3 Å². The molecule has 0 radical (unpaired) electrons. The number of hydrogen-bond acceptors (Lipinski definition) is 8. The van der Waals surface area contributed by atoms with E-state index in [9.17, 15) is 14.4 Å². The molecule has 1 unspecified atom stereocenters. The molecule has 1 amide bonds. The van der Waals surface area contributed by atoms with E-state index in [1.54, 1.807) is 13.8 Å². The fraction of sp³-hybridized carbons (Fsp3) is 0.355. The van der Waals surface area contributed by atoms with Gasteiger partial charge in [-0.3, -0.25) is 9.59 Å². The van der Waals surface area contributed by atoms with Crippen LogP contribution in [-0.4, -0.2) is 59.1 Å². The van der Waals surface area contributed by atoms with E-state index in [0.717, 1.165) is 16.8 Å². The number of carbonyl (C=O) groups is 3. The lowest BCUT2D eigenvalue weighted by atomic mass is 9.91. The van der Waals surface area contributed by atoms with Crippen molar-refractivity contribution in [1.82, 2.24) is 9.80 Å². The van der Waals surface area contributed by atoms with Gasteiger partial charge in [-0.05, 0) is 37.7 Å². The third-order valence-electron chi connectivity index (χ3n) is 7.27. The summed E-state index contributed by atoms with van der Waals surface area (Å²) in [5.41, 5.74) is 3.53. The van der Waals surface area contributed by atoms with Crippen molar-refractivity contribution in [2.24, 2.45) is 10.9 Å². The van der Waals surface area contributed by atoms with Gasteiger partial charge in [0, 0.05) is 24.4 Å². The lowest BCUT2D eigenvalue weighted by Crippen LogP contribution is -2.42. The van der Waals surface area contributed by atoms with E-state index in [0.29, 0.717) is 49.0 Å². The first-order chi connectivity index (χ1) is 19.5. The number of amides is 1. The number of benzene rings is 2. The molecule has 0 N–H and O–H groups in total.